The number of ether oxygens (including phenoxy) is 4. The van der Waals surface area contributed by atoms with Crippen LogP contribution < -0.4 is 0 Å². The quantitative estimate of drug-likeness (QED) is 0.0263. The van der Waals surface area contributed by atoms with E-state index in [-0.39, 0.29) is 19.4 Å². The van der Waals surface area contributed by atoms with Crippen LogP contribution in [0, 0.1) is 0 Å². The molecule has 0 aliphatic carbocycles. The number of carboxylic acid groups (broad SMARTS) is 1. The third-order valence-electron chi connectivity index (χ3n) is 10.5. The fourth-order valence-corrected chi connectivity index (χ4v) is 6.79. The van der Waals surface area contributed by atoms with Crippen molar-refractivity contribution >= 4 is 17.9 Å². The highest BCUT2D eigenvalue weighted by molar-refractivity contribution is 5.73. The van der Waals surface area contributed by atoms with Crippen LogP contribution in [0.2, 0.25) is 0 Å². The van der Waals surface area contributed by atoms with Crippen LogP contribution in [-0.4, -0.2) is 88.4 Å². The summed E-state index contributed by atoms with van der Waals surface area (Å²) in [5, 5.41) is 39.9. The van der Waals surface area contributed by atoms with Gasteiger partial charge in [0, 0.05) is 12.8 Å². The summed E-state index contributed by atoms with van der Waals surface area (Å²) in [7, 11) is 0. The van der Waals surface area contributed by atoms with Crippen molar-refractivity contribution in [3.8, 4) is 0 Å². The molecule has 1 rings (SSSR count). The second-order valence-corrected chi connectivity index (χ2v) is 16.2. The molecule has 1 fully saturated rings. The van der Waals surface area contributed by atoms with Crippen LogP contribution >= 0.6 is 0 Å². The van der Waals surface area contributed by atoms with E-state index in [1.807, 2.05) is 6.08 Å². The van der Waals surface area contributed by atoms with Gasteiger partial charge in [0.05, 0.1) is 6.61 Å². The molecule has 6 atom stereocenters. The molecule has 6 unspecified atom stereocenters. The first-order chi connectivity index (χ1) is 30.2. The normalized spacial score (nSPS) is 20.2. The summed E-state index contributed by atoms with van der Waals surface area (Å²) >= 11 is 0. The van der Waals surface area contributed by atoms with E-state index in [0.717, 1.165) is 51.4 Å². The maximum atomic E-state index is 12.8. The molecule has 1 aliphatic rings. The summed E-state index contributed by atoms with van der Waals surface area (Å²) in [6.07, 6.45) is 42.4. The molecule has 4 N–H and O–H groups in total. The number of aliphatic hydroxyl groups is 3. The van der Waals surface area contributed by atoms with Gasteiger partial charge in [-0.3, -0.25) is 9.59 Å². The molecule has 354 valence electrons. The van der Waals surface area contributed by atoms with Gasteiger partial charge in [-0.1, -0.05) is 164 Å². The summed E-state index contributed by atoms with van der Waals surface area (Å²) in [4.78, 5) is 36.9. The largest absolute Gasteiger partial charge is 0.479 e. The molecule has 0 aromatic rings. The summed E-state index contributed by atoms with van der Waals surface area (Å²) in [5.41, 5.74) is 0. The van der Waals surface area contributed by atoms with Crippen LogP contribution in [0.3, 0.4) is 0 Å². The number of hydrogen-bond acceptors (Lipinski definition) is 10. The molecule has 0 amide bonds. The van der Waals surface area contributed by atoms with Crippen molar-refractivity contribution in [2.24, 2.45) is 0 Å². The fourth-order valence-electron chi connectivity index (χ4n) is 6.79. The van der Waals surface area contributed by atoms with Gasteiger partial charge in [-0.15, -0.1) is 0 Å². The van der Waals surface area contributed by atoms with E-state index in [0.29, 0.717) is 19.3 Å². The first-order valence-electron chi connectivity index (χ1n) is 24.0. The van der Waals surface area contributed by atoms with Crippen molar-refractivity contribution in [2.45, 2.75) is 218 Å². The van der Waals surface area contributed by atoms with Crippen LogP contribution in [0.25, 0.3) is 0 Å². The molecule has 11 nitrogen and oxygen atoms in total. The van der Waals surface area contributed by atoms with Crippen LogP contribution in [-0.2, 0) is 33.3 Å². The fraction of sp³-hybridized carbons (Fsp3) is 0.706. The van der Waals surface area contributed by atoms with Gasteiger partial charge in [0.15, 0.2) is 18.5 Å². The highest BCUT2D eigenvalue weighted by atomic mass is 16.7. The van der Waals surface area contributed by atoms with Gasteiger partial charge in [-0.05, 0) is 77.0 Å². The Labute approximate surface area is 374 Å². The average molecular weight is 873 g/mol. The molecule has 62 heavy (non-hydrogen) atoms. The predicted molar refractivity (Wildman–Crippen MR) is 247 cm³/mol. The van der Waals surface area contributed by atoms with Crippen molar-refractivity contribution in [2.75, 3.05) is 13.2 Å². The molecule has 0 radical (unpaired) electrons. The highest BCUT2D eigenvalue weighted by Gasteiger charge is 2.47. The van der Waals surface area contributed by atoms with Crippen LogP contribution in [0.15, 0.2) is 72.9 Å². The lowest BCUT2D eigenvalue weighted by atomic mass is 9.99. The Kier molecular flexibility index (Phi) is 36.9. The standard InChI is InChI=1S/C51H84O11/c1-3-5-7-9-11-13-15-17-19-21-22-24-26-28-30-32-34-36-38-40-45(53)61-43(42-60-51-48(56)46(54)47(55)49(62-51)50(57)58)41-59-44(52)39-37-35-33-31-29-27-25-23-20-18-16-14-12-10-8-6-4-2/h6,8,12,14,17-20,25,27,31,33,43,46-49,51,54-56H,3-5,7,9-11,13,15-16,21-24,26,28-30,32,34-42H2,1-2H3,(H,57,58)/b8-6-,14-12-,19-17-,20-18-,27-25-,33-31-. The van der Waals surface area contributed by atoms with Crippen molar-refractivity contribution in [3.05, 3.63) is 72.9 Å². The minimum absolute atomic E-state index is 0.154. The maximum Gasteiger partial charge on any atom is 0.335 e. The van der Waals surface area contributed by atoms with Gasteiger partial charge < -0.3 is 39.4 Å². The molecule has 1 heterocycles. The Hall–Kier alpha value is -3.35. The van der Waals surface area contributed by atoms with Crippen LogP contribution in [0.4, 0.5) is 0 Å². The first kappa shape index (κ1) is 56.7. The molecule has 1 saturated heterocycles. The molecule has 0 aromatic carbocycles. The molecular formula is C51H84O11. The lowest BCUT2D eigenvalue weighted by molar-refractivity contribution is -0.298. The van der Waals surface area contributed by atoms with Gasteiger partial charge in [0.2, 0.25) is 0 Å². The first-order valence-corrected chi connectivity index (χ1v) is 24.0. The number of carbonyl (C=O) groups excluding carboxylic acids is 2. The Bertz CT molecular complexity index is 1300. The zero-order chi connectivity index (χ0) is 45.3. The monoisotopic (exact) mass is 873 g/mol. The molecule has 11 heteroatoms. The summed E-state index contributed by atoms with van der Waals surface area (Å²) in [5.74, 6) is -2.53. The van der Waals surface area contributed by atoms with Crippen LogP contribution in [0.5, 0.6) is 0 Å². The van der Waals surface area contributed by atoms with Gasteiger partial charge in [0.1, 0.15) is 24.9 Å². The number of rotatable bonds is 39. The third kappa shape index (κ3) is 31.5. The van der Waals surface area contributed by atoms with E-state index in [2.05, 4.69) is 80.7 Å². The van der Waals surface area contributed by atoms with E-state index in [1.165, 1.54) is 83.5 Å². The summed E-state index contributed by atoms with van der Waals surface area (Å²) in [6, 6.07) is 0. The molecule has 0 saturated carbocycles. The minimum atomic E-state index is -1.87. The molecular weight excluding hydrogens is 789 g/mol. The summed E-state index contributed by atoms with van der Waals surface area (Å²) < 4.78 is 21.7. The SMILES string of the molecule is CC/C=C\C/C=C\C/C=C\C/C=C\C/C=C\CCCC(=O)OCC(COC1OC(C(=O)O)C(O)C(O)C1O)OC(=O)CCCCCCCCCCC/C=C\CCCCCCCC. The van der Waals surface area contributed by atoms with E-state index in [1.54, 1.807) is 0 Å². The number of aliphatic carboxylic acids is 1. The number of carbonyl (C=O) groups is 3. The van der Waals surface area contributed by atoms with Gasteiger partial charge >= 0.3 is 17.9 Å². The van der Waals surface area contributed by atoms with E-state index < -0.39 is 61.3 Å². The van der Waals surface area contributed by atoms with E-state index in [9.17, 15) is 34.8 Å². The summed E-state index contributed by atoms with van der Waals surface area (Å²) in [6.45, 7) is 3.65. The Morgan fingerprint density at radius 2 is 0.968 bits per heavy atom. The number of hydrogen-bond donors (Lipinski definition) is 4. The predicted octanol–water partition coefficient (Wildman–Crippen LogP) is 10.9. The average Bonchev–Trinajstić information content (AvgIpc) is 3.26. The van der Waals surface area contributed by atoms with Crippen molar-refractivity contribution in [3.63, 3.8) is 0 Å². The Morgan fingerprint density at radius 1 is 0.516 bits per heavy atom. The molecule has 0 spiro atoms. The van der Waals surface area contributed by atoms with Gasteiger partial charge in [0.25, 0.3) is 0 Å². The van der Waals surface area contributed by atoms with Crippen molar-refractivity contribution in [1.29, 1.82) is 0 Å². The zero-order valence-electron chi connectivity index (χ0n) is 38.3. The number of allylic oxidation sites excluding steroid dienone is 12. The van der Waals surface area contributed by atoms with Crippen molar-refractivity contribution < 1.29 is 53.8 Å². The zero-order valence-corrected chi connectivity index (χ0v) is 38.3. The minimum Gasteiger partial charge on any atom is -0.479 e. The molecule has 1 aliphatic heterocycles. The van der Waals surface area contributed by atoms with E-state index >= 15 is 0 Å². The number of esters is 2. The Balaban J connectivity index is 2.38. The Morgan fingerprint density at radius 3 is 1.50 bits per heavy atom. The van der Waals surface area contributed by atoms with Gasteiger partial charge in [-0.2, -0.15) is 0 Å². The van der Waals surface area contributed by atoms with E-state index in [4.69, 9.17) is 18.9 Å². The molecule has 0 aromatic heterocycles. The topological polar surface area (TPSA) is 169 Å². The lowest BCUT2D eigenvalue weighted by Crippen LogP contribution is -2.60. The van der Waals surface area contributed by atoms with Gasteiger partial charge in [-0.25, -0.2) is 4.79 Å². The maximum absolute atomic E-state index is 12.8. The second-order valence-electron chi connectivity index (χ2n) is 16.2. The van der Waals surface area contributed by atoms with Crippen LogP contribution in [0.1, 0.15) is 181 Å². The van der Waals surface area contributed by atoms with Crippen molar-refractivity contribution in [1.82, 2.24) is 0 Å². The molecule has 0 bridgehead atoms. The third-order valence-corrected chi connectivity index (χ3v) is 10.5. The second kappa shape index (κ2) is 40.4. The number of aliphatic hydroxyl groups excluding tert-OH is 3. The number of unbranched alkanes of at least 4 members (excludes halogenated alkanes) is 16. The lowest BCUT2D eigenvalue weighted by Gasteiger charge is -2.38. The smallest absolute Gasteiger partial charge is 0.335 e. The number of carboxylic acids is 1. The highest BCUT2D eigenvalue weighted by Crippen LogP contribution is 2.23.